The van der Waals surface area contributed by atoms with Crippen molar-refractivity contribution in [1.29, 1.82) is 0 Å². The molecule has 1 atom stereocenters. The van der Waals surface area contributed by atoms with Crippen molar-refractivity contribution in [2.75, 3.05) is 0 Å². The second-order valence-corrected chi connectivity index (χ2v) is 4.30. The van der Waals surface area contributed by atoms with Crippen LogP contribution in [0.3, 0.4) is 0 Å². The highest BCUT2D eigenvalue weighted by atomic mass is 16.5. The van der Waals surface area contributed by atoms with Gasteiger partial charge in [-0.05, 0) is 33.6 Å². The maximum absolute atomic E-state index is 11.4. The van der Waals surface area contributed by atoms with Crippen molar-refractivity contribution in [3.05, 3.63) is 0 Å². The van der Waals surface area contributed by atoms with Crippen LogP contribution in [0, 0.1) is 0 Å². The largest absolute Gasteiger partial charge is 0.365 e. The molecule has 1 amide bonds. The molecule has 0 radical (unpaired) electrons. The summed E-state index contributed by atoms with van der Waals surface area (Å²) in [5.74, 6) is -0.0412. The first-order chi connectivity index (χ1) is 6.49. The van der Waals surface area contributed by atoms with E-state index in [2.05, 4.69) is 5.32 Å². The van der Waals surface area contributed by atoms with Crippen LogP contribution in [0.25, 0.3) is 0 Å². The van der Waals surface area contributed by atoms with Gasteiger partial charge in [-0.25, -0.2) is 0 Å². The van der Waals surface area contributed by atoms with E-state index in [0.29, 0.717) is 0 Å². The van der Waals surface area contributed by atoms with E-state index < -0.39 is 0 Å². The SMILES string of the molecule is CC(C)NC(=O)C(C)OC1CC(N)C1. The van der Waals surface area contributed by atoms with Gasteiger partial charge in [-0.2, -0.15) is 0 Å². The van der Waals surface area contributed by atoms with Crippen molar-refractivity contribution in [3.8, 4) is 0 Å². The molecule has 0 saturated heterocycles. The highest BCUT2D eigenvalue weighted by Crippen LogP contribution is 2.22. The zero-order valence-electron chi connectivity index (χ0n) is 9.12. The average Bonchev–Trinajstić information content (AvgIpc) is 2.00. The molecule has 1 rings (SSSR count). The van der Waals surface area contributed by atoms with Crippen LogP contribution in [0.1, 0.15) is 33.6 Å². The standard InChI is InChI=1S/C10H20N2O2/c1-6(2)12-10(13)7(3)14-9-4-8(11)5-9/h6-9H,4-5,11H2,1-3H3,(H,12,13). The van der Waals surface area contributed by atoms with Gasteiger partial charge in [0.05, 0.1) is 6.10 Å². The van der Waals surface area contributed by atoms with E-state index in [1.807, 2.05) is 13.8 Å². The molecule has 3 N–H and O–H groups in total. The molecule has 14 heavy (non-hydrogen) atoms. The van der Waals surface area contributed by atoms with Crippen LogP contribution >= 0.6 is 0 Å². The number of ether oxygens (including phenoxy) is 1. The lowest BCUT2D eigenvalue weighted by molar-refractivity contribution is -0.139. The second kappa shape index (κ2) is 4.75. The summed E-state index contributed by atoms with van der Waals surface area (Å²) in [4.78, 5) is 11.4. The molecule has 0 aromatic heterocycles. The minimum absolute atomic E-state index is 0.0412. The number of carbonyl (C=O) groups is 1. The Bertz CT molecular complexity index is 200. The monoisotopic (exact) mass is 200 g/mol. The zero-order valence-corrected chi connectivity index (χ0v) is 9.12. The van der Waals surface area contributed by atoms with Crippen LogP contribution in [-0.4, -0.2) is 30.2 Å². The first-order valence-electron chi connectivity index (χ1n) is 5.20. The highest BCUT2D eigenvalue weighted by molar-refractivity contribution is 5.80. The molecule has 4 nitrogen and oxygen atoms in total. The predicted molar refractivity (Wildman–Crippen MR) is 54.8 cm³/mol. The second-order valence-electron chi connectivity index (χ2n) is 4.30. The Morgan fingerprint density at radius 1 is 1.43 bits per heavy atom. The molecule has 1 aliphatic rings. The van der Waals surface area contributed by atoms with Gasteiger partial charge in [-0.15, -0.1) is 0 Å². The van der Waals surface area contributed by atoms with Crippen molar-refractivity contribution in [1.82, 2.24) is 5.32 Å². The predicted octanol–water partition coefficient (Wildman–Crippen LogP) is 0.406. The highest BCUT2D eigenvalue weighted by Gasteiger charge is 2.29. The Morgan fingerprint density at radius 2 is 2.00 bits per heavy atom. The van der Waals surface area contributed by atoms with Gasteiger partial charge in [0.25, 0.3) is 0 Å². The van der Waals surface area contributed by atoms with E-state index in [9.17, 15) is 4.79 Å². The van der Waals surface area contributed by atoms with Crippen LogP contribution in [0.2, 0.25) is 0 Å². The fourth-order valence-electron chi connectivity index (χ4n) is 1.47. The van der Waals surface area contributed by atoms with E-state index in [-0.39, 0.29) is 30.2 Å². The summed E-state index contributed by atoms with van der Waals surface area (Å²) in [7, 11) is 0. The Morgan fingerprint density at radius 3 is 2.43 bits per heavy atom. The van der Waals surface area contributed by atoms with Crippen molar-refractivity contribution in [2.24, 2.45) is 5.73 Å². The Labute approximate surface area is 85.2 Å². The molecule has 0 heterocycles. The van der Waals surface area contributed by atoms with Crippen molar-refractivity contribution in [3.63, 3.8) is 0 Å². The smallest absolute Gasteiger partial charge is 0.249 e. The zero-order chi connectivity index (χ0) is 10.7. The first-order valence-corrected chi connectivity index (χ1v) is 5.20. The number of hydrogen-bond donors (Lipinski definition) is 2. The van der Waals surface area contributed by atoms with Gasteiger partial charge in [-0.1, -0.05) is 0 Å². The summed E-state index contributed by atoms with van der Waals surface area (Å²) >= 11 is 0. The molecule has 1 aliphatic carbocycles. The molecule has 0 aromatic rings. The fraction of sp³-hybridized carbons (Fsp3) is 0.900. The summed E-state index contributed by atoms with van der Waals surface area (Å²) in [6.45, 7) is 5.65. The topological polar surface area (TPSA) is 64.3 Å². The van der Waals surface area contributed by atoms with Crippen molar-refractivity contribution >= 4 is 5.91 Å². The van der Waals surface area contributed by atoms with Crippen LogP contribution in [0.15, 0.2) is 0 Å². The summed E-state index contributed by atoms with van der Waals surface area (Å²) < 4.78 is 5.53. The number of amides is 1. The molecule has 0 spiro atoms. The van der Waals surface area contributed by atoms with E-state index in [0.717, 1.165) is 12.8 Å². The quantitative estimate of drug-likeness (QED) is 0.690. The number of rotatable bonds is 4. The Hall–Kier alpha value is -0.610. The van der Waals surface area contributed by atoms with Crippen LogP contribution in [0.5, 0.6) is 0 Å². The van der Waals surface area contributed by atoms with Gasteiger partial charge >= 0.3 is 0 Å². The molecule has 82 valence electrons. The number of nitrogens with one attached hydrogen (secondary N) is 1. The number of nitrogens with two attached hydrogens (primary N) is 1. The first kappa shape index (κ1) is 11.5. The third-order valence-electron chi connectivity index (χ3n) is 2.33. The molecule has 1 saturated carbocycles. The summed E-state index contributed by atoms with van der Waals surface area (Å²) in [5.41, 5.74) is 5.62. The molecule has 0 aromatic carbocycles. The van der Waals surface area contributed by atoms with Gasteiger partial charge in [0, 0.05) is 12.1 Å². The van der Waals surface area contributed by atoms with Gasteiger partial charge in [0.1, 0.15) is 6.10 Å². The molecule has 1 unspecified atom stereocenters. The molecule has 0 aliphatic heterocycles. The lowest BCUT2D eigenvalue weighted by Gasteiger charge is -2.34. The van der Waals surface area contributed by atoms with Crippen molar-refractivity contribution in [2.45, 2.75) is 57.9 Å². The fourth-order valence-corrected chi connectivity index (χ4v) is 1.47. The lowest BCUT2D eigenvalue weighted by atomic mass is 9.90. The van der Waals surface area contributed by atoms with Crippen LogP contribution < -0.4 is 11.1 Å². The van der Waals surface area contributed by atoms with Crippen LogP contribution in [0.4, 0.5) is 0 Å². The summed E-state index contributed by atoms with van der Waals surface area (Å²) in [5, 5.41) is 2.81. The van der Waals surface area contributed by atoms with E-state index in [1.54, 1.807) is 6.92 Å². The third kappa shape index (κ3) is 3.27. The molecule has 4 heteroatoms. The Kier molecular flexibility index (Phi) is 3.89. The molecular weight excluding hydrogens is 180 g/mol. The minimum atomic E-state index is -0.366. The van der Waals surface area contributed by atoms with E-state index in [1.165, 1.54) is 0 Å². The number of hydrogen-bond acceptors (Lipinski definition) is 3. The average molecular weight is 200 g/mol. The molecular formula is C10H20N2O2. The maximum atomic E-state index is 11.4. The van der Waals surface area contributed by atoms with Gasteiger partial charge in [-0.3, -0.25) is 4.79 Å². The Balaban J connectivity index is 2.20. The normalized spacial score (nSPS) is 28.4. The van der Waals surface area contributed by atoms with Gasteiger partial charge in [0.15, 0.2) is 0 Å². The molecule has 0 bridgehead atoms. The summed E-state index contributed by atoms with van der Waals surface area (Å²) in [6.07, 6.45) is 1.56. The molecule has 1 fully saturated rings. The van der Waals surface area contributed by atoms with Gasteiger partial charge < -0.3 is 15.8 Å². The third-order valence-corrected chi connectivity index (χ3v) is 2.33. The maximum Gasteiger partial charge on any atom is 0.249 e. The minimum Gasteiger partial charge on any atom is -0.365 e. The van der Waals surface area contributed by atoms with Crippen LogP contribution in [-0.2, 0) is 9.53 Å². The summed E-state index contributed by atoms with van der Waals surface area (Å²) in [6, 6.07) is 0.428. The van der Waals surface area contributed by atoms with E-state index >= 15 is 0 Å². The van der Waals surface area contributed by atoms with Gasteiger partial charge in [0.2, 0.25) is 5.91 Å². The lowest BCUT2D eigenvalue weighted by Crippen LogP contribution is -2.46. The van der Waals surface area contributed by atoms with Crippen molar-refractivity contribution < 1.29 is 9.53 Å². The number of carbonyl (C=O) groups excluding carboxylic acids is 1. The van der Waals surface area contributed by atoms with E-state index in [4.69, 9.17) is 10.5 Å².